The summed E-state index contributed by atoms with van der Waals surface area (Å²) in [5.74, 6) is 1.37. The number of halogens is 1. The summed E-state index contributed by atoms with van der Waals surface area (Å²) in [5.41, 5.74) is 16.4. The van der Waals surface area contributed by atoms with Crippen LogP contribution in [0.25, 0.3) is 123 Å². The van der Waals surface area contributed by atoms with Crippen molar-refractivity contribution in [3.63, 3.8) is 0 Å². The van der Waals surface area contributed by atoms with Crippen molar-refractivity contribution >= 4 is 96.9 Å². The molecular formula is C91H78FN33O4. The minimum atomic E-state index is -0.428. The Morgan fingerprint density at radius 3 is 1.21 bits per heavy atom. The van der Waals surface area contributed by atoms with E-state index in [9.17, 15) is 23.6 Å². The molecule has 20 rings (SSSR count). The lowest BCUT2D eigenvalue weighted by atomic mass is 10.00. The number of hydrogen-bond acceptors (Lipinski definition) is 28. The van der Waals surface area contributed by atoms with Gasteiger partial charge in [0.25, 0.3) is 0 Å². The molecular weight excluding hydrogens is 1640 g/mol. The van der Waals surface area contributed by atoms with Gasteiger partial charge in [0.1, 0.15) is 96.4 Å². The van der Waals surface area contributed by atoms with Crippen molar-refractivity contribution in [3.8, 4) is 78.7 Å². The molecule has 37 nitrogen and oxygen atoms in total. The second kappa shape index (κ2) is 38.5. The number of pyridine rings is 8. The molecule has 0 unspecified atom stereocenters. The fourth-order valence-electron chi connectivity index (χ4n) is 14.5. The number of aromatic nitrogens is 27. The average molecular weight is 1720 g/mol. The van der Waals surface area contributed by atoms with E-state index in [-0.39, 0.29) is 49.8 Å². The van der Waals surface area contributed by atoms with Gasteiger partial charge in [-0.05, 0) is 147 Å². The third-order valence-corrected chi connectivity index (χ3v) is 20.7. The summed E-state index contributed by atoms with van der Waals surface area (Å²) in [5, 5.41) is 23.0. The predicted octanol–water partition coefficient (Wildman–Crippen LogP) is 11.6. The van der Waals surface area contributed by atoms with E-state index < -0.39 is 5.82 Å². The van der Waals surface area contributed by atoms with E-state index in [2.05, 4.69) is 154 Å². The van der Waals surface area contributed by atoms with Crippen LogP contribution in [0.3, 0.4) is 0 Å². The normalized spacial score (nSPS) is 11.9. The van der Waals surface area contributed by atoms with Gasteiger partial charge in [-0.15, -0.1) is 0 Å². The molecule has 20 heterocycles. The highest BCUT2D eigenvalue weighted by Crippen LogP contribution is 2.35. The molecule has 638 valence electrons. The number of nitrogens with zero attached hydrogens (tertiary/aromatic N) is 29. The second-order valence-electron chi connectivity index (χ2n) is 29.6. The first-order valence-corrected chi connectivity index (χ1v) is 40.4. The summed E-state index contributed by atoms with van der Waals surface area (Å²) in [6, 6.07) is 29.5. The Hall–Kier alpha value is -17.5. The zero-order valence-corrected chi connectivity index (χ0v) is 70.0. The van der Waals surface area contributed by atoms with Gasteiger partial charge in [-0.2, -0.15) is 10.2 Å². The largest absolute Gasteiger partial charge is 0.353 e. The highest BCUT2D eigenvalue weighted by atomic mass is 19.1. The lowest BCUT2D eigenvalue weighted by Gasteiger charge is -2.33. The summed E-state index contributed by atoms with van der Waals surface area (Å²) >= 11 is 0. The Balaban J connectivity index is 0.000000121. The van der Waals surface area contributed by atoms with Crippen LogP contribution < -0.4 is 26.2 Å². The molecule has 1 saturated heterocycles. The third kappa shape index (κ3) is 19.8. The molecule has 1 aliphatic rings. The van der Waals surface area contributed by atoms with Crippen LogP contribution in [0, 0.1) is 26.6 Å². The lowest BCUT2D eigenvalue weighted by Crippen LogP contribution is -2.44. The second-order valence-corrected chi connectivity index (χ2v) is 29.6. The molecule has 0 atom stereocenters. The van der Waals surface area contributed by atoms with Crippen LogP contribution in [0.5, 0.6) is 0 Å². The smallest absolute Gasteiger partial charge is 0.247 e. The van der Waals surface area contributed by atoms with Gasteiger partial charge in [0.2, 0.25) is 23.6 Å². The molecule has 0 saturated carbocycles. The summed E-state index contributed by atoms with van der Waals surface area (Å²) < 4.78 is 23.3. The maximum Gasteiger partial charge on any atom is 0.247 e. The van der Waals surface area contributed by atoms with Gasteiger partial charge >= 0.3 is 0 Å². The molecule has 19 aromatic rings. The quantitative estimate of drug-likeness (QED) is 0.0550. The first-order chi connectivity index (χ1) is 63.0. The fourth-order valence-corrected chi connectivity index (χ4v) is 14.5. The van der Waals surface area contributed by atoms with Gasteiger partial charge in [-0.1, -0.05) is 0 Å². The number of carbonyl (C=O) groups excluding carboxylic acids is 4. The Bertz CT molecular complexity index is 6960. The number of aryl methyl sites for hydroxylation is 4. The van der Waals surface area contributed by atoms with Gasteiger partial charge in [-0.25, -0.2) is 58.9 Å². The minimum Gasteiger partial charge on any atom is -0.353 e. The Morgan fingerprint density at radius 2 is 0.775 bits per heavy atom. The van der Waals surface area contributed by atoms with E-state index in [0.717, 1.165) is 127 Å². The molecule has 19 aromatic heterocycles. The predicted molar refractivity (Wildman–Crippen MR) is 480 cm³/mol. The van der Waals surface area contributed by atoms with E-state index in [0.29, 0.717) is 68.2 Å². The Kier molecular flexibility index (Phi) is 25.0. The highest BCUT2D eigenvalue weighted by Gasteiger charge is 2.24. The first-order valence-electron chi connectivity index (χ1n) is 40.4. The van der Waals surface area contributed by atoms with Crippen LogP contribution in [-0.2, 0) is 52.4 Å². The van der Waals surface area contributed by atoms with Crippen molar-refractivity contribution < 1.29 is 23.6 Å². The van der Waals surface area contributed by atoms with E-state index in [1.165, 1.54) is 17.2 Å². The van der Waals surface area contributed by atoms with E-state index in [1.807, 2.05) is 116 Å². The number of hydrogen-bond donors (Lipinski definition) is 4. The first kappa shape index (κ1) is 83.8. The molecule has 38 heteroatoms. The van der Waals surface area contributed by atoms with Gasteiger partial charge in [0.15, 0.2) is 5.65 Å². The van der Waals surface area contributed by atoms with Crippen molar-refractivity contribution in [2.24, 2.45) is 7.05 Å². The SMILES string of the molecule is CN1CCN(c2ncnc3c2ccn3CC(=O)Nc2ccc(-c3cnccn3)cn2)CC1.Cc1cc(-c2c(C)cnc3c2ccn3CC(=O)Nc2ccc(-c3cnccn3)cn2)ccn1.Cc1cc(-c2c(F)cnc3c2ccn3CC(=O)Nc2ccc(-c3cnccn3)cn2)ccn1.Cn1nccc1-c1ncnc2c1cnn2CC(=O)Nc1ccc(-c2cnccn2)cn1. The molecule has 0 bridgehead atoms. The van der Waals surface area contributed by atoms with Crippen molar-refractivity contribution in [3.05, 3.63) is 287 Å². The Morgan fingerprint density at radius 1 is 0.349 bits per heavy atom. The van der Waals surface area contributed by atoms with Crippen LogP contribution >= 0.6 is 0 Å². The summed E-state index contributed by atoms with van der Waals surface area (Å²) in [6.45, 7) is 9.95. The minimum absolute atomic E-state index is 0.00450. The van der Waals surface area contributed by atoms with Crippen LogP contribution in [0.2, 0.25) is 0 Å². The van der Waals surface area contributed by atoms with Gasteiger partial charge in [0.05, 0.1) is 76.4 Å². The fraction of sp³-hybridized carbons (Fsp3) is 0.143. The van der Waals surface area contributed by atoms with Crippen LogP contribution in [0.1, 0.15) is 17.0 Å². The maximum atomic E-state index is 14.7. The lowest BCUT2D eigenvalue weighted by molar-refractivity contribution is -0.117. The van der Waals surface area contributed by atoms with Crippen molar-refractivity contribution in [1.29, 1.82) is 0 Å². The number of amides is 4. The van der Waals surface area contributed by atoms with Gasteiger partial charge in [0, 0.05) is 201 Å². The topological polar surface area (TPSA) is 431 Å². The molecule has 4 amide bonds. The van der Waals surface area contributed by atoms with Crippen molar-refractivity contribution in [2.45, 2.75) is 47.0 Å². The monoisotopic (exact) mass is 1720 g/mol. The zero-order chi connectivity index (χ0) is 88.7. The molecule has 0 radical (unpaired) electrons. The highest BCUT2D eigenvalue weighted by molar-refractivity contribution is 5.99. The van der Waals surface area contributed by atoms with Crippen molar-refractivity contribution in [1.82, 2.24) is 138 Å². The molecule has 4 N–H and O–H groups in total. The Labute approximate surface area is 734 Å². The number of likely N-dealkylation sites (N-methyl/N-ethyl adjacent to an activating group) is 1. The van der Waals surface area contributed by atoms with Crippen LogP contribution in [-0.4, -0.2) is 195 Å². The summed E-state index contributed by atoms with van der Waals surface area (Å²) in [7, 11) is 3.96. The van der Waals surface area contributed by atoms with E-state index in [1.54, 1.807) is 176 Å². The van der Waals surface area contributed by atoms with Crippen LogP contribution in [0.15, 0.2) is 265 Å². The molecule has 0 aliphatic carbocycles. The number of rotatable bonds is 20. The molecule has 0 spiro atoms. The number of carbonyl (C=O) groups is 4. The van der Waals surface area contributed by atoms with Crippen LogP contribution in [0.4, 0.5) is 33.5 Å². The number of fused-ring (bicyclic) bond motifs is 4. The molecule has 1 fully saturated rings. The molecule has 129 heavy (non-hydrogen) atoms. The van der Waals surface area contributed by atoms with Crippen molar-refractivity contribution in [2.75, 3.05) is 59.4 Å². The maximum absolute atomic E-state index is 14.7. The average Bonchev–Trinajstić information content (AvgIpc) is 1.67. The third-order valence-electron chi connectivity index (χ3n) is 20.7. The standard InChI is InChI=1S/C25H21N7O.C24H18FN7O.C22H23N9O.C20H16N10O/c1-16-12-30-25-20(24(16)18-5-7-27-17(2)11-18)6-10-32(25)15-23(33)31-22-4-3-19(13-29-22)21-14-26-8-9-28-21;1-15-10-16(4-6-27-15)23-18-5-9-32(24(18)30-12-19(23)25)14-22(33)31-21-3-2-17(11-29-21)20-13-26-7-8-28-20;1-29-8-10-30(11-9-29)21-17-4-7-31(22(17)27-15-26-21)14-20(32)28-19-3-2-16(12-25-19)18-13-23-5-6-24-18;1-29-16(4-5-26-29)19-14-9-27-30(20(14)25-12-24-19)11-18(31)28-17-3-2-13(8-23-17)15-10-21-6-7-22-15/h3-14H,15H2,1-2H3,(H,29,31,33);2-13H,14H2,1H3,(H,29,31,33);2-7,12-13,15H,8-11,14H2,1H3,(H,25,28,32);2-10,12H,11H2,1H3,(H,23,28,31). The van der Waals surface area contributed by atoms with Gasteiger partial charge < -0.3 is 44.8 Å². The number of piperazine rings is 1. The number of anilines is 5. The zero-order valence-electron chi connectivity index (χ0n) is 70.0. The summed E-state index contributed by atoms with van der Waals surface area (Å²) in [4.78, 5) is 140. The molecule has 0 aromatic carbocycles. The van der Waals surface area contributed by atoms with E-state index in [4.69, 9.17) is 0 Å². The number of nitrogens with one attached hydrogen (secondary N) is 4. The van der Waals surface area contributed by atoms with Gasteiger partial charge in [-0.3, -0.25) is 73.7 Å². The van der Waals surface area contributed by atoms with E-state index >= 15 is 0 Å². The summed E-state index contributed by atoms with van der Waals surface area (Å²) in [6.07, 6.45) is 44.5. The molecule has 1 aliphatic heterocycles.